The quantitative estimate of drug-likeness (QED) is 0.415. The van der Waals surface area contributed by atoms with Crippen molar-refractivity contribution in [3.8, 4) is 0 Å². The minimum absolute atomic E-state index is 0.164. The Morgan fingerprint density at radius 1 is 1.15 bits per heavy atom. The van der Waals surface area contributed by atoms with E-state index in [0.717, 1.165) is 17.6 Å². The summed E-state index contributed by atoms with van der Waals surface area (Å²) in [6.07, 6.45) is 1.08. The third kappa shape index (κ3) is 4.33. The average Bonchev–Trinajstić information content (AvgIpc) is 3.14. The van der Waals surface area contributed by atoms with Gasteiger partial charge in [0.2, 0.25) is 5.43 Å². The molecule has 0 aliphatic rings. The van der Waals surface area contributed by atoms with Gasteiger partial charge in [-0.2, -0.15) is 4.99 Å². The van der Waals surface area contributed by atoms with Crippen molar-refractivity contribution in [2.75, 3.05) is 13.7 Å². The second-order valence-electron chi connectivity index (χ2n) is 6.84. The van der Waals surface area contributed by atoms with E-state index in [-0.39, 0.29) is 28.9 Å². The van der Waals surface area contributed by atoms with Gasteiger partial charge in [-0.1, -0.05) is 23.5 Å². The third-order valence-electron chi connectivity index (χ3n) is 4.80. The molecule has 0 atom stereocenters. The van der Waals surface area contributed by atoms with Crippen LogP contribution in [0, 0.1) is 0 Å². The Bertz CT molecular complexity index is 1530. The number of nitrogens with zero attached hydrogens (tertiary/aromatic N) is 2. The molecular weight excluding hydrogens is 448 g/mol. The van der Waals surface area contributed by atoms with Gasteiger partial charge in [-0.25, -0.2) is 4.79 Å². The molecule has 0 saturated heterocycles. The molecule has 0 bridgehead atoms. The standard InChI is InChI=1S/C23H18N2O7S/c1-3-31-19(26)11-25-16-9-8-13(22(29)30-2)10-18(16)33-23(25)24-21(28)15-12-32-17-7-5-4-6-14(17)20(15)27/h4-10,12H,3,11H2,1-2H3. The van der Waals surface area contributed by atoms with Gasteiger partial charge < -0.3 is 18.5 Å². The van der Waals surface area contributed by atoms with Crippen LogP contribution in [-0.4, -0.2) is 36.1 Å². The lowest BCUT2D eigenvalue weighted by molar-refractivity contribution is -0.143. The molecule has 0 aliphatic carbocycles. The van der Waals surface area contributed by atoms with Crippen LogP contribution < -0.4 is 10.2 Å². The second-order valence-corrected chi connectivity index (χ2v) is 7.85. The SMILES string of the molecule is CCOC(=O)Cn1c(=NC(=O)c2coc3ccccc3c2=O)sc2cc(C(=O)OC)ccc21. The van der Waals surface area contributed by atoms with Crippen molar-refractivity contribution < 1.29 is 28.3 Å². The van der Waals surface area contributed by atoms with E-state index in [4.69, 9.17) is 13.9 Å². The van der Waals surface area contributed by atoms with Gasteiger partial charge in [0.1, 0.15) is 24.0 Å². The number of hydrogen-bond acceptors (Lipinski definition) is 8. The molecule has 0 saturated carbocycles. The molecule has 1 amide bonds. The van der Waals surface area contributed by atoms with Gasteiger partial charge in [-0.3, -0.25) is 14.4 Å². The number of thiazole rings is 1. The van der Waals surface area contributed by atoms with Crippen LogP contribution in [0.25, 0.3) is 21.2 Å². The fourth-order valence-corrected chi connectivity index (χ4v) is 4.33. The summed E-state index contributed by atoms with van der Waals surface area (Å²) in [5.41, 5.74) is 0.495. The zero-order valence-corrected chi connectivity index (χ0v) is 18.5. The number of para-hydroxylation sites is 1. The predicted molar refractivity (Wildman–Crippen MR) is 120 cm³/mol. The number of esters is 2. The van der Waals surface area contributed by atoms with E-state index in [1.807, 2.05) is 0 Å². The van der Waals surface area contributed by atoms with Crippen molar-refractivity contribution in [1.29, 1.82) is 0 Å². The molecule has 4 aromatic rings. The zero-order chi connectivity index (χ0) is 23.5. The molecule has 168 valence electrons. The molecule has 0 spiro atoms. The molecule has 9 nitrogen and oxygen atoms in total. The summed E-state index contributed by atoms with van der Waals surface area (Å²) in [5.74, 6) is -1.86. The van der Waals surface area contributed by atoms with E-state index in [9.17, 15) is 19.2 Å². The molecule has 33 heavy (non-hydrogen) atoms. The summed E-state index contributed by atoms with van der Waals surface area (Å²) in [5, 5.41) is 0.261. The lowest BCUT2D eigenvalue weighted by Gasteiger charge is -2.05. The lowest BCUT2D eigenvalue weighted by Crippen LogP contribution is -2.24. The number of amides is 1. The Kier molecular flexibility index (Phi) is 6.18. The smallest absolute Gasteiger partial charge is 0.337 e. The highest BCUT2D eigenvalue weighted by molar-refractivity contribution is 7.16. The molecule has 2 aromatic carbocycles. The number of fused-ring (bicyclic) bond motifs is 2. The maximum atomic E-state index is 12.9. The normalized spacial score (nSPS) is 11.6. The first kappa shape index (κ1) is 22.2. The van der Waals surface area contributed by atoms with Crippen LogP contribution in [0.4, 0.5) is 0 Å². The average molecular weight is 466 g/mol. The highest BCUT2D eigenvalue weighted by Crippen LogP contribution is 2.20. The van der Waals surface area contributed by atoms with Crippen LogP contribution in [-0.2, 0) is 20.8 Å². The molecule has 0 unspecified atom stereocenters. The van der Waals surface area contributed by atoms with Crippen molar-refractivity contribution in [3.05, 3.63) is 74.9 Å². The van der Waals surface area contributed by atoms with E-state index in [2.05, 4.69) is 4.99 Å². The van der Waals surface area contributed by atoms with Crippen molar-refractivity contribution in [2.24, 2.45) is 4.99 Å². The van der Waals surface area contributed by atoms with Crippen LogP contribution in [0.5, 0.6) is 0 Å². The first-order valence-corrected chi connectivity index (χ1v) is 10.7. The Hall–Kier alpha value is -4.05. The summed E-state index contributed by atoms with van der Waals surface area (Å²) in [6.45, 7) is 1.67. The number of carbonyl (C=O) groups excluding carboxylic acids is 3. The Morgan fingerprint density at radius 2 is 1.94 bits per heavy atom. The first-order valence-electron chi connectivity index (χ1n) is 9.90. The minimum atomic E-state index is -0.813. The van der Waals surface area contributed by atoms with Crippen molar-refractivity contribution in [3.63, 3.8) is 0 Å². The van der Waals surface area contributed by atoms with Gasteiger partial charge in [0, 0.05) is 0 Å². The maximum Gasteiger partial charge on any atom is 0.337 e. The van der Waals surface area contributed by atoms with Crippen LogP contribution >= 0.6 is 11.3 Å². The Labute approximate surface area is 190 Å². The molecule has 4 rings (SSSR count). The van der Waals surface area contributed by atoms with Gasteiger partial charge in [0.05, 0.1) is 34.9 Å². The molecule has 0 N–H and O–H groups in total. The molecule has 10 heteroatoms. The van der Waals surface area contributed by atoms with Crippen LogP contribution in [0.1, 0.15) is 27.6 Å². The largest absolute Gasteiger partial charge is 0.465 e. The summed E-state index contributed by atoms with van der Waals surface area (Å²) < 4.78 is 17.3. The molecule has 2 aromatic heterocycles. The fourth-order valence-electron chi connectivity index (χ4n) is 3.26. The molecule has 0 radical (unpaired) electrons. The monoisotopic (exact) mass is 466 g/mol. The Morgan fingerprint density at radius 3 is 2.70 bits per heavy atom. The maximum absolute atomic E-state index is 12.9. The summed E-state index contributed by atoms with van der Waals surface area (Å²) in [7, 11) is 1.27. The van der Waals surface area contributed by atoms with Gasteiger partial charge in [-0.15, -0.1) is 0 Å². The van der Waals surface area contributed by atoms with Crippen LogP contribution in [0.2, 0.25) is 0 Å². The summed E-state index contributed by atoms with van der Waals surface area (Å²) >= 11 is 1.09. The zero-order valence-electron chi connectivity index (χ0n) is 17.7. The molecule has 0 fully saturated rings. The van der Waals surface area contributed by atoms with E-state index in [1.165, 1.54) is 11.7 Å². The molecule has 0 aliphatic heterocycles. The van der Waals surface area contributed by atoms with E-state index in [1.54, 1.807) is 49.4 Å². The molecule has 2 heterocycles. The van der Waals surface area contributed by atoms with Crippen molar-refractivity contribution in [1.82, 2.24) is 4.57 Å². The van der Waals surface area contributed by atoms with Crippen LogP contribution in [0.15, 0.2) is 62.9 Å². The van der Waals surface area contributed by atoms with E-state index < -0.39 is 23.3 Å². The Balaban J connectivity index is 1.86. The third-order valence-corrected chi connectivity index (χ3v) is 5.85. The number of benzene rings is 2. The topological polar surface area (TPSA) is 117 Å². The number of hydrogen-bond donors (Lipinski definition) is 0. The summed E-state index contributed by atoms with van der Waals surface area (Å²) in [4.78, 5) is 54.0. The number of carbonyl (C=O) groups is 3. The minimum Gasteiger partial charge on any atom is -0.465 e. The van der Waals surface area contributed by atoms with Crippen molar-refractivity contribution >= 4 is 50.4 Å². The van der Waals surface area contributed by atoms with Gasteiger partial charge in [0.25, 0.3) is 5.91 Å². The van der Waals surface area contributed by atoms with Gasteiger partial charge in [-0.05, 0) is 37.3 Å². The fraction of sp³-hybridized carbons (Fsp3) is 0.174. The second kappa shape index (κ2) is 9.21. The first-order chi connectivity index (χ1) is 15.9. The highest BCUT2D eigenvalue weighted by atomic mass is 32.1. The summed E-state index contributed by atoms with van der Waals surface area (Å²) in [6, 6.07) is 11.3. The van der Waals surface area contributed by atoms with E-state index >= 15 is 0 Å². The predicted octanol–water partition coefficient (Wildman–Crippen LogP) is 2.90. The van der Waals surface area contributed by atoms with Gasteiger partial charge >= 0.3 is 11.9 Å². The highest BCUT2D eigenvalue weighted by Gasteiger charge is 2.17. The van der Waals surface area contributed by atoms with Crippen LogP contribution in [0.3, 0.4) is 0 Å². The molecular formula is C23H18N2O7S. The number of ether oxygens (including phenoxy) is 2. The van der Waals surface area contributed by atoms with Gasteiger partial charge in [0.15, 0.2) is 4.80 Å². The number of rotatable bonds is 5. The lowest BCUT2D eigenvalue weighted by atomic mass is 10.1. The van der Waals surface area contributed by atoms with Crippen molar-refractivity contribution in [2.45, 2.75) is 13.5 Å². The number of aromatic nitrogens is 1. The number of methoxy groups -OCH3 is 1. The van der Waals surface area contributed by atoms with E-state index in [0.29, 0.717) is 21.4 Å².